The molecule has 0 unspecified atom stereocenters. The zero-order valence-corrected chi connectivity index (χ0v) is 28.6. The summed E-state index contributed by atoms with van der Waals surface area (Å²) in [5.41, 5.74) is 0. The average molecular weight is 449 g/mol. The SMILES string of the molecule is CCC(=O)[O-].CCC(=O)[O-].CCC(=O)[O-].CCC(=O)[O-].[K+].[K+].[K+].[K+]. The van der Waals surface area contributed by atoms with Crippen molar-refractivity contribution in [1.82, 2.24) is 0 Å². The van der Waals surface area contributed by atoms with Crippen LogP contribution >= 0.6 is 0 Å². The van der Waals surface area contributed by atoms with Crippen LogP contribution in [0.25, 0.3) is 0 Å². The third-order valence-corrected chi connectivity index (χ3v) is 1.15. The van der Waals surface area contributed by atoms with Crippen molar-refractivity contribution in [3.8, 4) is 0 Å². The second-order valence-electron chi connectivity index (χ2n) is 2.90. The van der Waals surface area contributed by atoms with Crippen LogP contribution in [0.15, 0.2) is 0 Å². The van der Waals surface area contributed by atoms with Crippen molar-refractivity contribution >= 4 is 23.9 Å². The quantitative estimate of drug-likeness (QED) is 0.383. The Labute approximate surface area is 313 Å². The van der Waals surface area contributed by atoms with E-state index < -0.39 is 23.9 Å². The van der Waals surface area contributed by atoms with Gasteiger partial charge in [0.15, 0.2) is 0 Å². The van der Waals surface area contributed by atoms with E-state index in [9.17, 15) is 39.6 Å². The summed E-state index contributed by atoms with van der Waals surface area (Å²) in [5, 5.41) is 37.0. The van der Waals surface area contributed by atoms with Crippen molar-refractivity contribution in [2.24, 2.45) is 0 Å². The van der Waals surface area contributed by atoms with Gasteiger partial charge in [-0.3, -0.25) is 0 Å². The van der Waals surface area contributed by atoms with Crippen molar-refractivity contribution in [2.75, 3.05) is 0 Å². The predicted octanol–water partition coefficient (Wildman–Crippen LogP) is -15.4. The largest absolute Gasteiger partial charge is 1.00 e. The van der Waals surface area contributed by atoms with Gasteiger partial charge >= 0.3 is 206 Å². The fraction of sp³-hybridized carbons (Fsp3) is 0.667. The molecule has 8 nitrogen and oxygen atoms in total. The molecule has 0 saturated heterocycles. The number of hydrogen-bond acceptors (Lipinski definition) is 8. The molecular formula is C12H20K4O8. The summed E-state index contributed by atoms with van der Waals surface area (Å²) in [6.45, 7) is 6.15. The number of hydrogen-bond donors (Lipinski definition) is 0. The molecule has 0 spiro atoms. The van der Waals surface area contributed by atoms with Gasteiger partial charge in [0.2, 0.25) is 0 Å². The topological polar surface area (TPSA) is 161 Å². The summed E-state index contributed by atoms with van der Waals surface area (Å²) in [6.07, 6.45) is 0.444. The maximum atomic E-state index is 9.26. The van der Waals surface area contributed by atoms with Crippen LogP contribution in [0.5, 0.6) is 0 Å². The molecule has 0 saturated carbocycles. The predicted molar refractivity (Wildman–Crippen MR) is 61.2 cm³/mol. The molecule has 0 aromatic rings. The Morgan fingerprint density at radius 2 is 0.500 bits per heavy atom. The summed E-state index contributed by atoms with van der Waals surface area (Å²) in [6, 6.07) is 0. The molecule has 0 amide bonds. The van der Waals surface area contributed by atoms with Crippen LogP contribution in [-0.4, -0.2) is 23.9 Å². The van der Waals surface area contributed by atoms with Crippen LogP contribution in [-0.2, 0) is 19.2 Å². The third kappa shape index (κ3) is 111. The van der Waals surface area contributed by atoms with Crippen molar-refractivity contribution in [2.45, 2.75) is 53.4 Å². The zero-order valence-electron chi connectivity index (χ0n) is 16.1. The van der Waals surface area contributed by atoms with Crippen molar-refractivity contribution < 1.29 is 245 Å². The van der Waals surface area contributed by atoms with Gasteiger partial charge in [0.05, 0.1) is 0 Å². The molecule has 12 heteroatoms. The summed E-state index contributed by atoms with van der Waals surface area (Å²) in [5.74, 6) is -3.98. The number of rotatable bonds is 4. The molecule has 0 rings (SSSR count). The second-order valence-corrected chi connectivity index (χ2v) is 2.90. The minimum atomic E-state index is -0.995. The standard InChI is InChI=1S/4C3H6O2.4K/c4*1-2-3(4)5;;;;/h4*2H2,1H3,(H,4,5);;;;/q;;;;4*+1/p-4. The zero-order chi connectivity index (χ0) is 17.1. The number of carboxylic acid groups (broad SMARTS) is 4. The minimum Gasteiger partial charge on any atom is -0.550 e. The number of carbonyl (C=O) groups is 4. The van der Waals surface area contributed by atoms with Crippen LogP contribution in [0.1, 0.15) is 53.4 Å². The molecule has 0 N–H and O–H groups in total. The molecule has 0 fully saturated rings. The van der Waals surface area contributed by atoms with Gasteiger partial charge in [-0.15, -0.1) is 0 Å². The first-order valence-electron chi connectivity index (χ1n) is 5.88. The smallest absolute Gasteiger partial charge is 0.550 e. The van der Waals surface area contributed by atoms with Crippen LogP contribution in [0, 0.1) is 0 Å². The molecule has 0 radical (unpaired) electrons. The van der Waals surface area contributed by atoms with Gasteiger partial charge < -0.3 is 39.6 Å². The van der Waals surface area contributed by atoms with Gasteiger partial charge in [-0.1, -0.05) is 27.7 Å². The Hall–Kier alpha value is 4.43. The van der Waals surface area contributed by atoms with E-state index in [2.05, 4.69) is 0 Å². The van der Waals surface area contributed by atoms with Crippen molar-refractivity contribution in [3.05, 3.63) is 0 Å². The molecule has 0 bridgehead atoms. The first-order valence-corrected chi connectivity index (χ1v) is 5.88. The van der Waals surface area contributed by atoms with Gasteiger partial charge in [0, 0.05) is 23.9 Å². The van der Waals surface area contributed by atoms with E-state index in [1.54, 1.807) is 0 Å². The minimum absolute atomic E-state index is 0. The van der Waals surface area contributed by atoms with Gasteiger partial charge in [0.25, 0.3) is 0 Å². The normalized spacial score (nSPS) is 6.17. The monoisotopic (exact) mass is 448 g/mol. The Balaban J connectivity index is -0.0000000225. The average Bonchev–Trinajstić information content (AvgIpc) is 2.40. The molecule has 0 aliphatic heterocycles. The molecule has 24 heavy (non-hydrogen) atoms. The number of carbonyl (C=O) groups excluding carboxylic acids is 4. The molecule has 0 aromatic carbocycles. The van der Waals surface area contributed by atoms with E-state index in [4.69, 9.17) is 0 Å². The van der Waals surface area contributed by atoms with Crippen LogP contribution in [0.3, 0.4) is 0 Å². The van der Waals surface area contributed by atoms with Crippen LogP contribution in [0.4, 0.5) is 0 Å². The number of carboxylic acids is 4. The Morgan fingerprint density at radius 1 is 0.458 bits per heavy atom. The van der Waals surface area contributed by atoms with E-state index in [1.165, 1.54) is 27.7 Å². The fourth-order valence-corrected chi connectivity index (χ4v) is 0. The van der Waals surface area contributed by atoms with Gasteiger partial charge in [-0.2, -0.15) is 0 Å². The molecule has 0 heterocycles. The summed E-state index contributed by atoms with van der Waals surface area (Å²) < 4.78 is 0. The van der Waals surface area contributed by atoms with Gasteiger partial charge in [-0.05, 0) is 25.7 Å². The van der Waals surface area contributed by atoms with Crippen molar-refractivity contribution in [3.63, 3.8) is 0 Å². The second kappa shape index (κ2) is 45.9. The third-order valence-electron chi connectivity index (χ3n) is 1.15. The molecule has 120 valence electrons. The van der Waals surface area contributed by atoms with Gasteiger partial charge in [0.1, 0.15) is 0 Å². The number of aliphatic carboxylic acids is 4. The maximum absolute atomic E-state index is 9.26. The Bertz CT molecular complexity index is 232. The molecule has 0 aromatic heterocycles. The fourth-order valence-electron chi connectivity index (χ4n) is 0. The summed E-state index contributed by atoms with van der Waals surface area (Å²) in [7, 11) is 0. The van der Waals surface area contributed by atoms with Gasteiger partial charge in [-0.25, -0.2) is 0 Å². The summed E-state index contributed by atoms with van der Waals surface area (Å²) in [4.78, 5) is 37.0. The van der Waals surface area contributed by atoms with E-state index in [0.29, 0.717) is 0 Å². The first kappa shape index (κ1) is 51.2. The van der Waals surface area contributed by atoms with E-state index in [1.807, 2.05) is 0 Å². The molecular weight excluding hydrogens is 429 g/mol. The van der Waals surface area contributed by atoms with E-state index >= 15 is 0 Å². The Kier molecular flexibility index (Phi) is 98.0. The first-order chi connectivity index (χ1) is 9.08. The molecule has 0 atom stereocenters. The van der Waals surface area contributed by atoms with E-state index in [-0.39, 0.29) is 231 Å². The maximum Gasteiger partial charge on any atom is 1.00 e. The van der Waals surface area contributed by atoms with E-state index in [0.717, 1.165) is 0 Å². The molecule has 0 aliphatic carbocycles. The summed E-state index contributed by atoms with van der Waals surface area (Å²) >= 11 is 0. The molecule has 0 aliphatic rings. The van der Waals surface area contributed by atoms with Crippen LogP contribution < -0.4 is 226 Å². The Morgan fingerprint density at radius 3 is 0.500 bits per heavy atom. The van der Waals surface area contributed by atoms with Crippen LogP contribution in [0.2, 0.25) is 0 Å². The van der Waals surface area contributed by atoms with Crippen molar-refractivity contribution in [1.29, 1.82) is 0 Å².